The molecule has 2 rings (SSSR count). The fourth-order valence-electron chi connectivity index (χ4n) is 1.73. The van der Waals surface area contributed by atoms with Gasteiger partial charge in [0.25, 0.3) is 0 Å². The molecule has 3 heteroatoms. The Hall–Kier alpha value is -1.28. The molecular formula is C12H13ClN2. The molecule has 0 radical (unpaired) electrons. The molecule has 0 aliphatic carbocycles. The summed E-state index contributed by atoms with van der Waals surface area (Å²) >= 11 is 5.85. The number of H-pyrrole nitrogens is 1. The molecule has 2 nitrogen and oxygen atoms in total. The molecule has 1 aromatic carbocycles. The number of nitrogens with zero attached hydrogens (tertiary/aromatic N) is 1. The Labute approximate surface area is 94.3 Å². The topological polar surface area (TPSA) is 28.7 Å². The quantitative estimate of drug-likeness (QED) is 0.823. The molecule has 2 aromatic rings. The Bertz CT molecular complexity index is 457. The van der Waals surface area contributed by atoms with Crippen molar-refractivity contribution in [2.24, 2.45) is 0 Å². The van der Waals surface area contributed by atoms with Crippen LogP contribution in [0.1, 0.15) is 18.2 Å². The second-order valence-corrected chi connectivity index (χ2v) is 3.97. The summed E-state index contributed by atoms with van der Waals surface area (Å²) in [5.74, 6) is 0. The van der Waals surface area contributed by atoms with Gasteiger partial charge in [-0.3, -0.25) is 5.10 Å². The van der Waals surface area contributed by atoms with Crippen LogP contribution in [0.4, 0.5) is 0 Å². The van der Waals surface area contributed by atoms with E-state index in [-0.39, 0.29) is 0 Å². The number of hydrogen-bond acceptors (Lipinski definition) is 1. The number of aryl methyl sites for hydroxylation is 1. The fourth-order valence-corrected chi connectivity index (χ4v) is 1.86. The highest BCUT2D eigenvalue weighted by atomic mass is 35.5. The van der Waals surface area contributed by atoms with Gasteiger partial charge in [0.05, 0.1) is 5.69 Å². The van der Waals surface area contributed by atoms with E-state index in [1.807, 2.05) is 31.2 Å². The van der Waals surface area contributed by atoms with Gasteiger partial charge in [-0.1, -0.05) is 30.7 Å². The minimum atomic E-state index is 0.754. The molecule has 0 fully saturated rings. The molecular weight excluding hydrogens is 208 g/mol. The first kappa shape index (κ1) is 10.2. The standard InChI is InChI=1S/C12H13ClN2/c1-3-11-8(2)14-15-12(11)9-4-6-10(13)7-5-9/h4-7H,3H2,1-2H3,(H,14,15). The third-order valence-electron chi connectivity index (χ3n) is 2.55. The van der Waals surface area contributed by atoms with E-state index in [9.17, 15) is 0 Å². The normalized spacial score (nSPS) is 10.6. The van der Waals surface area contributed by atoms with Crippen molar-refractivity contribution in [3.63, 3.8) is 0 Å². The maximum atomic E-state index is 5.85. The summed E-state index contributed by atoms with van der Waals surface area (Å²) in [6.45, 7) is 4.18. The van der Waals surface area contributed by atoms with E-state index in [1.165, 1.54) is 5.56 Å². The summed E-state index contributed by atoms with van der Waals surface area (Å²) in [5.41, 5.74) is 4.56. The molecule has 0 spiro atoms. The van der Waals surface area contributed by atoms with Gasteiger partial charge in [0, 0.05) is 21.8 Å². The van der Waals surface area contributed by atoms with Gasteiger partial charge in [-0.2, -0.15) is 5.10 Å². The Balaban J connectivity index is 2.49. The minimum absolute atomic E-state index is 0.754. The van der Waals surface area contributed by atoms with E-state index < -0.39 is 0 Å². The van der Waals surface area contributed by atoms with E-state index in [0.29, 0.717) is 0 Å². The molecule has 0 saturated heterocycles. The molecule has 1 heterocycles. The maximum Gasteiger partial charge on any atom is 0.0955 e. The summed E-state index contributed by atoms with van der Waals surface area (Å²) < 4.78 is 0. The lowest BCUT2D eigenvalue weighted by Gasteiger charge is -2.00. The lowest BCUT2D eigenvalue weighted by atomic mass is 10.0. The van der Waals surface area contributed by atoms with Crippen molar-refractivity contribution in [1.82, 2.24) is 10.2 Å². The lowest BCUT2D eigenvalue weighted by molar-refractivity contribution is 1.04. The van der Waals surface area contributed by atoms with Gasteiger partial charge in [-0.05, 0) is 25.5 Å². The van der Waals surface area contributed by atoms with Crippen molar-refractivity contribution >= 4 is 11.6 Å². The van der Waals surface area contributed by atoms with Gasteiger partial charge < -0.3 is 0 Å². The molecule has 78 valence electrons. The van der Waals surface area contributed by atoms with Crippen LogP contribution < -0.4 is 0 Å². The summed E-state index contributed by atoms with van der Waals surface area (Å²) in [7, 11) is 0. The first-order chi connectivity index (χ1) is 7.22. The molecule has 0 amide bonds. The zero-order valence-electron chi connectivity index (χ0n) is 8.84. The van der Waals surface area contributed by atoms with Crippen LogP contribution in [0.15, 0.2) is 24.3 Å². The summed E-state index contributed by atoms with van der Waals surface area (Å²) in [6.07, 6.45) is 0.986. The number of aromatic nitrogens is 2. The van der Waals surface area contributed by atoms with E-state index in [1.54, 1.807) is 0 Å². The Morgan fingerprint density at radius 3 is 2.53 bits per heavy atom. The van der Waals surface area contributed by atoms with Crippen molar-refractivity contribution in [1.29, 1.82) is 0 Å². The minimum Gasteiger partial charge on any atom is -0.282 e. The third-order valence-corrected chi connectivity index (χ3v) is 2.80. The lowest BCUT2D eigenvalue weighted by Crippen LogP contribution is -1.85. The summed E-state index contributed by atoms with van der Waals surface area (Å²) in [4.78, 5) is 0. The highest BCUT2D eigenvalue weighted by molar-refractivity contribution is 6.30. The molecule has 0 unspecified atom stereocenters. The molecule has 0 aliphatic rings. The SMILES string of the molecule is CCc1c(-c2ccc(Cl)cc2)n[nH]c1C. The number of nitrogens with one attached hydrogen (secondary N) is 1. The number of rotatable bonds is 2. The Kier molecular flexibility index (Phi) is 2.78. The van der Waals surface area contributed by atoms with Crippen LogP contribution in [0.2, 0.25) is 5.02 Å². The summed E-state index contributed by atoms with van der Waals surface area (Å²) in [5, 5.41) is 8.09. The second-order valence-electron chi connectivity index (χ2n) is 3.54. The maximum absolute atomic E-state index is 5.85. The van der Waals surface area contributed by atoms with Crippen LogP contribution >= 0.6 is 11.6 Å². The van der Waals surface area contributed by atoms with Crippen molar-refractivity contribution in [2.45, 2.75) is 20.3 Å². The van der Waals surface area contributed by atoms with Crippen LogP contribution in [0.25, 0.3) is 11.3 Å². The Morgan fingerprint density at radius 1 is 1.27 bits per heavy atom. The number of hydrogen-bond donors (Lipinski definition) is 1. The van der Waals surface area contributed by atoms with Gasteiger partial charge in [0.15, 0.2) is 0 Å². The van der Waals surface area contributed by atoms with E-state index in [2.05, 4.69) is 17.1 Å². The average Bonchev–Trinajstić information content (AvgIpc) is 2.61. The average molecular weight is 221 g/mol. The van der Waals surface area contributed by atoms with Crippen LogP contribution in [-0.4, -0.2) is 10.2 Å². The second kappa shape index (κ2) is 4.07. The monoisotopic (exact) mass is 220 g/mol. The molecule has 0 bridgehead atoms. The molecule has 0 atom stereocenters. The number of benzene rings is 1. The summed E-state index contributed by atoms with van der Waals surface area (Å²) in [6, 6.07) is 7.77. The highest BCUT2D eigenvalue weighted by Gasteiger charge is 2.09. The van der Waals surface area contributed by atoms with Gasteiger partial charge in [-0.25, -0.2) is 0 Å². The zero-order valence-corrected chi connectivity index (χ0v) is 9.60. The first-order valence-corrected chi connectivity index (χ1v) is 5.40. The van der Waals surface area contributed by atoms with E-state index >= 15 is 0 Å². The van der Waals surface area contributed by atoms with Gasteiger partial charge >= 0.3 is 0 Å². The number of aromatic amines is 1. The van der Waals surface area contributed by atoms with Crippen molar-refractivity contribution in [3.05, 3.63) is 40.5 Å². The fraction of sp³-hybridized carbons (Fsp3) is 0.250. The largest absolute Gasteiger partial charge is 0.282 e. The third kappa shape index (κ3) is 1.90. The molecule has 15 heavy (non-hydrogen) atoms. The zero-order chi connectivity index (χ0) is 10.8. The predicted molar refractivity (Wildman–Crippen MR) is 63.1 cm³/mol. The van der Waals surface area contributed by atoms with Crippen LogP contribution in [-0.2, 0) is 6.42 Å². The highest BCUT2D eigenvalue weighted by Crippen LogP contribution is 2.25. The van der Waals surface area contributed by atoms with Crippen LogP contribution in [0.3, 0.4) is 0 Å². The van der Waals surface area contributed by atoms with E-state index in [4.69, 9.17) is 11.6 Å². The molecule has 0 saturated carbocycles. The molecule has 1 N–H and O–H groups in total. The van der Waals surface area contributed by atoms with Crippen molar-refractivity contribution in [3.8, 4) is 11.3 Å². The van der Waals surface area contributed by atoms with Gasteiger partial charge in [0.1, 0.15) is 0 Å². The smallest absolute Gasteiger partial charge is 0.0955 e. The number of halogens is 1. The predicted octanol–water partition coefficient (Wildman–Crippen LogP) is 3.60. The van der Waals surface area contributed by atoms with E-state index in [0.717, 1.165) is 28.4 Å². The van der Waals surface area contributed by atoms with Crippen molar-refractivity contribution < 1.29 is 0 Å². The van der Waals surface area contributed by atoms with Gasteiger partial charge in [0.2, 0.25) is 0 Å². The molecule has 1 aromatic heterocycles. The molecule has 0 aliphatic heterocycles. The van der Waals surface area contributed by atoms with Crippen LogP contribution in [0, 0.1) is 6.92 Å². The van der Waals surface area contributed by atoms with Gasteiger partial charge in [-0.15, -0.1) is 0 Å². The Morgan fingerprint density at radius 2 is 1.93 bits per heavy atom. The van der Waals surface area contributed by atoms with Crippen molar-refractivity contribution in [2.75, 3.05) is 0 Å². The first-order valence-electron chi connectivity index (χ1n) is 5.02. The van der Waals surface area contributed by atoms with Crippen LogP contribution in [0.5, 0.6) is 0 Å².